The zero-order valence-electron chi connectivity index (χ0n) is 12.0. The van der Waals surface area contributed by atoms with Gasteiger partial charge in [-0.25, -0.2) is 4.98 Å². The summed E-state index contributed by atoms with van der Waals surface area (Å²) < 4.78 is 0. The molecular formula is C15H19N3O2S. The van der Waals surface area contributed by atoms with E-state index in [4.69, 9.17) is 5.73 Å². The van der Waals surface area contributed by atoms with Crippen molar-refractivity contribution >= 4 is 33.1 Å². The number of aryl methyl sites for hydroxylation is 2. The molecule has 0 fully saturated rings. The Bertz CT molecular complexity index is 694. The van der Waals surface area contributed by atoms with Gasteiger partial charge in [-0.15, -0.1) is 11.3 Å². The van der Waals surface area contributed by atoms with E-state index < -0.39 is 6.10 Å². The van der Waals surface area contributed by atoms with Crippen LogP contribution in [0.5, 0.6) is 0 Å². The van der Waals surface area contributed by atoms with Crippen molar-refractivity contribution in [1.82, 2.24) is 10.3 Å². The molecule has 112 valence electrons. The molecule has 1 amide bonds. The first-order chi connectivity index (χ1) is 10.1. The van der Waals surface area contributed by atoms with Gasteiger partial charge < -0.3 is 16.2 Å². The van der Waals surface area contributed by atoms with Gasteiger partial charge in [-0.1, -0.05) is 0 Å². The second-order valence-corrected chi connectivity index (χ2v) is 6.54. The minimum Gasteiger partial charge on any atom is -0.397 e. The van der Waals surface area contributed by atoms with Crippen LogP contribution in [-0.2, 0) is 12.8 Å². The Morgan fingerprint density at radius 2 is 2.38 bits per heavy atom. The standard InChI is InChI=1S/C15H19N3O2S/c1-8(19)5-6-17-14(20)13-12(16)10-7-9-3-2-4-11(9)18-15(10)21-13/h7-8,19H,2-6,16H2,1H3,(H,17,20). The van der Waals surface area contributed by atoms with Crippen LogP contribution in [0, 0.1) is 0 Å². The molecule has 4 N–H and O–H groups in total. The van der Waals surface area contributed by atoms with Crippen LogP contribution >= 0.6 is 11.3 Å². The zero-order valence-corrected chi connectivity index (χ0v) is 12.8. The van der Waals surface area contributed by atoms with Crippen LogP contribution in [-0.4, -0.2) is 28.6 Å². The first kappa shape index (κ1) is 14.3. The number of aliphatic hydroxyl groups is 1. The number of thiophene rings is 1. The monoisotopic (exact) mass is 305 g/mol. The van der Waals surface area contributed by atoms with Gasteiger partial charge in [0.05, 0.1) is 11.8 Å². The summed E-state index contributed by atoms with van der Waals surface area (Å²) in [7, 11) is 0. The average Bonchev–Trinajstić information content (AvgIpc) is 3.01. The lowest BCUT2D eigenvalue weighted by atomic mass is 10.1. The summed E-state index contributed by atoms with van der Waals surface area (Å²) >= 11 is 1.35. The summed E-state index contributed by atoms with van der Waals surface area (Å²) in [5.74, 6) is -0.184. The fraction of sp³-hybridized carbons (Fsp3) is 0.467. The van der Waals surface area contributed by atoms with Gasteiger partial charge in [0.25, 0.3) is 5.91 Å². The maximum absolute atomic E-state index is 12.2. The smallest absolute Gasteiger partial charge is 0.263 e. The van der Waals surface area contributed by atoms with E-state index in [9.17, 15) is 9.90 Å². The molecule has 5 nitrogen and oxygen atoms in total. The van der Waals surface area contributed by atoms with Crippen molar-refractivity contribution in [3.63, 3.8) is 0 Å². The highest BCUT2D eigenvalue weighted by Crippen LogP contribution is 2.35. The van der Waals surface area contributed by atoms with Gasteiger partial charge in [0.2, 0.25) is 0 Å². The molecule has 3 rings (SSSR count). The predicted octanol–water partition coefficient (Wildman–Crippen LogP) is 1.87. The Hall–Kier alpha value is -1.66. The molecule has 1 unspecified atom stereocenters. The van der Waals surface area contributed by atoms with E-state index in [0.717, 1.165) is 35.2 Å². The number of nitrogens with one attached hydrogen (secondary N) is 1. The summed E-state index contributed by atoms with van der Waals surface area (Å²) in [6.07, 6.45) is 3.31. The van der Waals surface area contributed by atoms with E-state index in [2.05, 4.69) is 16.4 Å². The highest BCUT2D eigenvalue weighted by Gasteiger charge is 2.20. The maximum atomic E-state index is 12.2. The number of fused-ring (bicyclic) bond motifs is 2. The van der Waals surface area contributed by atoms with Crippen molar-refractivity contribution in [3.8, 4) is 0 Å². The van der Waals surface area contributed by atoms with Crippen LogP contribution in [0.4, 0.5) is 5.69 Å². The summed E-state index contributed by atoms with van der Waals surface area (Å²) in [6.45, 7) is 2.14. The van der Waals surface area contributed by atoms with Gasteiger partial charge in [0.1, 0.15) is 9.71 Å². The molecule has 1 aliphatic rings. The number of amides is 1. The van der Waals surface area contributed by atoms with Crippen LogP contribution in [0.25, 0.3) is 10.2 Å². The lowest BCUT2D eigenvalue weighted by molar-refractivity contribution is 0.0950. The number of rotatable bonds is 4. The second-order valence-electron chi connectivity index (χ2n) is 5.54. The third-order valence-electron chi connectivity index (χ3n) is 3.80. The van der Waals surface area contributed by atoms with Gasteiger partial charge >= 0.3 is 0 Å². The minimum atomic E-state index is -0.422. The Balaban J connectivity index is 1.86. The third kappa shape index (κ3) is 2.73. The fourth-order valence-corrected chi connectivity index (χ4v) is 3.65. The first-order valence-electron chi connectivity index (χ1n) is 7.23. The maximum Gasteiger partial charge on any atom is 0.263 e. The molecule has 2 aromatic rings. The van der Waals surface area contributed by atoms with E-state index in [1.807, 2.05) is 0 Å². The van der Waals surface area contributed by atoms with E-state index in [1.165, 1.54) is 16.9 Å². The fourth-order valence-electron chi connectivity index (χ4n) is 2.64. The largest absolute Gasteiger partial charge is 0.397 e. The van der Waals surface area contributed by atoms with Gasteiger partial charge in [-0.2, -0.15) is 0 Å². The molecule has 0 aliphatic heterocycles. The molecule has 0 radical (unpaired) electrons. The number of hydrogen-bond donors (Lipinski definition) is 3. The number of nitrogens with zero attached hydrogens (tertiary/aromatic N) is 1. The first-order valence-corrected chi connectivity index (χ1v) is 8.05. The van der Waals surface area contributed by atoms with Gasteiger partial charge in [0, 0.05) is 17.6 Å². The molecule has 1 atom stereocenters. The number of carbonyl (C=O) groups excluding carboxylic acids is 1. The summed E-state index contributed by atoms with van der Waals surface area (Å²) in [4.78, 5) is 18.2. The number of aliphatic hydroxyl groups excluding tert-OH is 1. The van der Waals surface area contributed by atoms with Crippen molar-refractivity contribution in [1.29, 1.82) is 0 Å². The number of carbonyl (C=O) groups is 1. The van der Waals surface area contributed by atoms with Crippen molar-refractivity contribution in [3.05, 3.63) is 22.2 Å². The van der Waals surface area contributed by atoms with E-state index in [0.29, 0.717) is 23.5 Å². The molecule has 2 aromatic heterocycles. The van der Waals surface area contributed by atoms with Crippen molar-refractivity contribution in [2.75, 3.05) is 12.3 Å². The zero-order chi connectivity index (χ0) is 15.0. The summed E-state index contributed by atoms with van der Waals surface area (Å²) in [6, 6.07) is 2.09. The van der Waals surface area contributed by atoms with Gasteiger partial charge in [-0.3, -0.25) is 4.79 Å². The molecule has 21 heavy (non-hydrogen) atoms. The Morgan fingerprint density at radius 3 is 3.14 bits per heavy atom. The highest BCUT2D eigenvalue weighted by molar-refractivity contribution is 7.21. The molecule has 0 spiro atoms. The second kappa shape index (κ2) is 5.61. The van der Waals surface area contributed by atoms with Crippen molar-refractivity contribution in [2.24, 2.45) is 0 Å². The minimum absolute atomic E-state index is 0.184. The molecular weight excluding hydrogens is 286 g/mol. The Morgan fingerprint density at radius 1 is 1.57 bits per heavy atom. The van der Waals surface area contributed by atoms with Crippen LogP contribution < -0.4 is 11.1 Å². The van der Waals surface area contributed by atoms with E-state index in [-0.39, 0.29) is 5.91 Å². The molecule has 2 heterocycles. The molecule has 0 saturated carbocycles. The van der Waals surface area contributed by atoms with Crippen LogP contribution in [0.1, 0.15) is 40.7 Å². The number of hydrogen-bond acceptors (Lipinski definition) is 5. The number of aromatic nitrogens is 1. The van der Waals surface area contributed by atoms with Gasteiger partial charge in [-0.05, 0) is 44.2 Å². The number of nitrogen functional groups attached to an aromatic ring is 1. The molecule has 0 aromatic carbocycles. The molecule has 6 heteroatoms. The summed E-state index contributed by atoms with van der Waals surface area (Å²) in [5.41, 5.74) is 9.05. The van der Waals surface area contributed by atoms with Crippen molar-refractivity contribution in [2.45, 2.75) is 38.7 Å². The Labute approximate surface area is 127 Å². The highest BCUT2D eigenvalue weighted by atomic mass is 32.1. The normalized spacial score (nSPS) is 15.1. The third-order valence-corrected chi connectivity index (χ3v) is 4.92. The van der Waals surface area contributed by atoms with Crippen molar-refractivity contribution < 1.29 is 9.90 Å². The summed E-state index contributed by atoms with van der Waals surface area (Å²) in [5, 5.41) is 12.9. The lowest BCUT2D eigenvalue weighted by Crippen LogP contribution is -2.26. The quantitative estimate of drug-likeness (QED) is 0.804. The van der Waals surface area contributed by atoms with Gasteiger partial charge in [0.15, 0.2) is 0 Å². The molecule has 1 aliphatic carbocycles. The van der Waals surface area contributed by atoms with Crippen LogP contribution in [0.3, 0.4) is 0 Å². The predicted molar refractivity (Wildman–Crippen MR) is 84.7 cm³/mol. The number of pyridine rings is 1. The topological polar surface area (TPSA) is 88.2 Å². The van der Waals surface area contributed by atoms with E-state index in [1.54, 1.807) is 6.92 Å². The number of anilines is 1. The SMILES string of the molecule is CC(O)CCNC(=O)c1sc2nc3c(cc2c1N)CCC3. The molecule has 0 bridgehead atoms. The Kier molecular flexibility index (Phi) is 3.82. The van der Waals surface area contributed by atoms with Crippen LogP contribution in [0.15, 0.2) is 6.07 Å². The number of nitrogens with two attached hydrogens (primary N) is 1. The van der Waals surface area contributed by atoms with Crippen LogP contribution in [0.2, 0.25) is 0 Å². The van der Waals surface area contributed by atoms with E-state index >= 15 is 0 Å². The molecule has 0 saturated heterocycles. The average molecular weight is 305 g/mol. The lowest BCUT2D eigenvalue weighted by Gasteiger charge is -2.05.